The van der Waals surface area contributed by atoms with E-state index >= 15 is 0 Å². The van der Waals surface area contributed by atoms with E-state index in [1.54, 1.807) is 17.1 Å². The van der Waals surface area contributed by atoms with Gasteiger partial charge in [0.1, 0.15) is 5.69 Å². The molecule has 1 amide bonds. The van der Waals surface area contributed by atoms with E-state index in [0.29, 0.717) is 17.9 Å². The summed E-state index contributed by atoms with van der Waals surface area (Å²) in [6, 6.07) is 7.06. The average molecular weight is 407 g/mol. The number of amides is 1. The van der Waals surface area contributed by atoms with Gasteiger partial charge in [0, 0.05) is 24.3 Å². The molecular formula is C20H24F3N5O. The second-order valence-electron chi connectivity index (χ2n) is 7.37. The van der Waals surface area contributed by atoms with Crippen LogP contribution in [0.5, 0.6) is 0 Å². The van der Waals surface area contributed by atoms with E-state index in [2.05, 4.69) is 21.0 Å². The molecule has 3 rings (SSSR count). The van der Waals surface area contributed by atoms with Crippen molar-refractivity contribution >= 4 is 23.0 Å². The third kappa shape index (κ3) is 5.17. The lowest BCUT2D eigenvalue weighted by atomic mass is 10.1. The van der Waals surface area contributed by atoms with Crippen molar-refractivity contribution < 1.29 is 18.0 Å². The number of pyridine rings is 1. The number of benzene rings is 1. The van der Waals surface area contributed by atoms with E-state index in [1.807, 2.05) is 20.8 Å². The standard InChI is InChI=1S/C20H24F3N5O/c1-12(2)26-19(29)18-5-4-15(11-24-18)27-16-8-14(20(21,22)23)9-17(10-16)28-13(3)6-7-25-28/h4-5,8-13,25,27H,6-7H2,1-3H3,(H,26,29). The zero-order valence-corrected chi connectivity index (χ0v) is 16.5. The van der Waals surface area contributed by atoms with Gasteiger partial charge in [0.25, 0.3) is 5.91 Å². The molecule has 1 fully saturated rings. The first-order chi connectivity index (χ1) is 13.6. The molecule has 29 heavy (non-hydrogen) atoms. The smallest absolute Gasteiger partial charge is 0.354 e. The molecule has 2 heterocycles. The van der Waals surface area contributed by atoms with E-state index in [1.165, 1.54) is 12.3 Å². The molecule has 2 aromatic rings. The number of hydrazine groups is 1. The van der Waals surface area contributed by atoms with Gasteiger partial charge in [-0.25, -0.2) is 10.4 Å². The van der Waals surface area contributed by atoms with Crippen LogP contribution in [0.15, 0.2) is 36.5 Å². The summed E-state index contributed by atoms with van der Waals surface area (Å²) in [5, 5.41) is 7.44. The summed E-state index contributed by atoms with van der Waals surface area (Å²) >= 11 is 0. The van der Waals surface area contributed by atoms with Gasteiger partial charge in [-0.3, -0.25) is 4.79 Å². The molecule has 0 saturated carbocycles. The maximum atomic E-state index is 13.4. The quantitative estimate of drug-likeness (QED) is 0.697. The lowest BCUT2D eigenvalue weighted by molar-refractivity contribution is -0.137. The van der Waals surface area contributed by atoms with Crippen LogP contribution in [-0.4, -0.2) is 29.5 Å². The first-order valence-electron chi connectivity index (χ1n) is 9.42. The maximum absolute atomic E-state index is 13.4. The summed E-state index contributed by atoms with van der Waals surface area (Å²) in [7, 11) is 0. The lowest BCUT2D eigenvalue weighted by Gasteiger charge is -2.25. The molecule has 0 radical (unpaired) electrons. The molecule has 6 nitrogen and oxygen atoms in total. The molecule has 0 aliphatic carbocycles. The molecule has 1 saturated heterocycles. The Balaban J connectivity index is 1.85. The molecular weight excluding hydrogens is 383 g/mol. The number of rotatable bonds is 5. The fourth-order valence-corrected chi connectivity index (χ4v) is 3.12. The van der Waals surface area contributed by atoms with E-state index < -0.39 is 11.7 Å². The molecule has 1 unspecified atom stereocenters. The van der Waals surface area contributed by atoms with Gasteiger partial charge in [-0.2, -0.15) is 13.2 Å². The van der Waals surface area contributed by atoms with Crippen LogP contribution < -0.4 is 21.1 Å². The molecule has 0 bridgehead atoms. The highest BCUT2D eigenvalue weighted by molar-refractivity contribution is 5.92. The third-order valence-corrected chi connectivity index (χ3v) is 4.51. The Kier molecular flexibility index (Phi) is 5.97. The SMILES string of the molecule is CC(C)NC(=O)c1ccc(Nc2cc(N3NCCC3C)cc(C(F)(F)F)c2)cn1. The number of carbonyl (C=O) groups excluding carboxylic acids is 1. The Morgan fingerprint density at radius 3 is 2.55 bits per heavy atom. The third-order valence-electron chi connectivity index (χ3n) is 4.51. The fourth-order valence-electron chi connectivity index (χ4n) is 3.12. The molecule has 156 valence electrons. The van der Waals surface area contributed by atoms with Gasteiger partial charge in [0.2, 0.25) is 0 Å². The topological polar surface area (TPSA) is 69.3 Å². The zero-order valence-electron chi connectivity index (χ0n) is 16.5. The summed E-state index contributed by atoms with van der Waals surface area (Å²) in [4.78, 5) is 16.1. The minimum absolute atomic E-state index is 0.0211. The van der Waals surface area contributed by atoms with Crippen LogP contribution in [0.4, 0.5) is 30.2 Å². The number of alkyl halides is 3. The van der Waals surface area contributed by atoms with Crippen molar-refractivity contribution in [3.8, 4) is 0 Å². The van der Waals surface area contributed by atoms with Crippen molar-refractivity contribution in [1.29, 1.82) is 0 Å². The molecule has 9 heteroatoms. The van der Waals surface area contributed by atoms with Gasteiger partial charge < -0.3 is 15.6 Å². The van der Waals surface area contributed by atoms with Crippen LogP contribution in [-0.2, 0) is 6.18 Å². The number of nitrogens with zero attached hydrogens (tertiary/aromatic N) is 2. The Morgan fingerprint density at radius 1 is 1.24 bits per heavy atom. The minimum Gasteiger partial charge on any atom is -0.354 e. The maximum Gasteiger partial charge on any atom is 0.416 e. The Labute approximate surface area is 167 Å². The van der Waals surface area contributed by atoms with Crippen molar-refractivity contribution in [3.63, 3.8) is 0 Å². The predicted molar refractivity (Wildman–Crippen MR) is 106 cm³/mol. The van der Waals surface area contributed by atoms with Crippen molar-refractivity contribution in [3.05, 3.63) is 47.8 Å². The monoisotopic (exact) mass is 407 g/mol. The fraction of sp³-hybridized carbons (Fsp3) is 0.400. The van der Waals surface area contributed by atoms with Crippen LogP contribution in [0.2, 0.25) is 0 Å². The van der Waals surface area contributed by atoms with Crippen LogP contribution in [0, 0.1) is 0 Å². The number of hydrogen-bond donors (Lipinski definition) is 3. The van der Waals surface area contributed by atoms with Crippen molar-refractivity contribution in [2.45, 2.75) is 45.5 Å². The lowest BCUT2D eigenvalue weighted by Crippen LogP contribution is -2.35. The molecule has 1 atom stereocenters. The van der Waals surface area contributed by atoms with Gasteiger partial charge in [0.15, 0.2) is 0 Å². The second-order valence-corrected chi connectivity index (χ2v) is 7.37. The largest absolute Gasteiger partial charge is 0.416 e. The zero-order chi connectivity index (χ0) is 21.2. The number of carbonyl (C=O) groups is 1. The molecule has 1 aliphatic heterocycles. The molecule has 1 aromatic carbocycles. The van der Waals surface area contributed by atoms with Gasteiger partial charge in [-0.05, 0) is 57.5 Å². The molecule has 1 aromatic heterocycles. The van der Waals surface area contributed by atoms with Crippen molar-refractivity contribution in [2.24, 2.45) is 0 Å². The van der Waals surface area contributed by atoms with Crippen molar-refractivity contribution in [1.82, 2.24) is 15.7 Å². The number of nitrogens with one attached hydrogen (secondary N) is 3. The normalized spacial score (nSPS) is 16.9. The van der Waals surface area contributed by atoms with Crippen LogP contribution in [0.3, 0.4) is 0 Å². The van der Waals surface area contributed by atoms with E-state index in [9.17, 15) is 18.0 Å². The second kappa shape index (κ2) is 8.28. The van der Waals surface area contributed by atoms with Gasteiger partial charge in [-0.15, -0.1) is 0 Å². The molecule has 1 aliphatic rings. The van der Waals surface area contributed by atoms with E-state index in [-0.39, 0.29) is 29.4 Å². The molecule has 3 N–H and O–H groups in total. The Bertz CT molecular complexity index is 867. The van der Waals surface area contributed by atoms with Crippen molar-refractivity contribution in [2.75, 3.05) is 16.9 Å². The van der Waals surface area contributed by atoms with Gasteiger partial charge >= 0.3 is 6.18 Å². The first kappa shape index (κ1) is 20.9. The highest BCUT2D eigenvalue weighted by Crippen LogP contribution is 2.36. The minimum atomic E-state index is -4.47. The average Bonchev–Trinajstić information content (AvgIpc) is 3.07. The summed E-state index contributed by atoms with van der Waals surface area (Å²) in [6.07, 6.45) is -2.19. The summed E-state index contributed by atoms with van der Waals surface area (Å²) < 4.78 is 40.2. The number of hydrogen-bond acceptors (Lipinski definition) is 5. The molecule has 0 spiro atoms. The van der Waals surface area contributed by atoms with Crippen LogP contribution in [0.25, 0.3) is 0 Å². The summed E-state index contributed by atoms with van der Waals surface area (Å²) in [5.74, 6) is -0.304. The summed E-state index contributed by atoms with van der Waals surface area (Å²) in [5.41, 5.74) is 3.82. The number of aromatic nitrogens is 1. The number of halogens is 3. The Hall–Kier alpha value is -2.81. The highest BCUT2D eigenvalue weighted by atomic mass is 19.4. The first-order valence-corrected chi connectivity index (χ1v) is 9.42. The van der Waals surface area contributed by atoms with Crippen LogP contribution >= 0.6 is 0 Å². The predicted octanol–water partition coefficient (Wildman–Crippen LogP) is 4.09. The van der Waals surface area contributed by atoms with Crippen LogP contribution in [0.1, 0.15) is 43.2 Å². The van der Waals surface area contributed by atoms with E-state index in [4.69, 9.17) is 0 Å². The number of anilines is 3. The summed E-state index contributed by atoms with van der Waals surface area (Å²) in [6.45, 7) is 6.35. The Morgan fingerprint density at radius 2 is 2.00 bits per heavy atom. The van der Waals surface area contributed by atoms with E-state index in [0.717, 1.165) is 18.6 Å². The van der Waals surface area contributed by atoms with Gasteiger partial charge in [-0.1, -0.05) is 0 Å². The van der Waals surface area contributed by atoms with Gasteiger partial charge in [0.05, 0.1) is 23.1 Å². The highest BCUT2D eigenvalue weighted by Gasteiger charge is 2.32.